The van der Waals surface area contributed by atoms with Crippen LogP contribution in [-0.2, 0) is 13.1 Å². The van der Waals surface area contributed by atoms with E-state index < -0.39 is 0 Å². The highest BCUT2D eigenvalue weighted by molar-refractivity contribution is 7.12. The third-order valence-corrected chi connectivity index (χ3v) is 4.85. The van der Waals surface area contributed by atoms with Crippen LogP contribution in [0.3, 0.4) is 0 Å². The predicted octanol–water partition coefficient (Wildman–Crippen LogP) is 3.40. The van der Waals surface area contributed by atoms with E-state index in [0.29, 0.717) is 0 Å². The molecule has 102 valence electrons. The van der Waals surface area contributed by atoms with Crippen LogP contribution in [0.25, 0.3) is 0 Å². The Morgan fingerprint density at radius 2 is 2.33 bits per heavy atom. The normalized spacial score (nSPS) is 21.4. The van der Waals surface area contributed by atoms with Crippen molar-refractivity contribution in [1.82, 2.24) is 10.2 Å². The SMILES string of the molecule is CCNCc1cc(CN2CCCC(C)C2)c(C)s1. The maximum Gasteiger partial charge on any atom is 0.0299 e. The first-order valence-electron chi connectivity index (χ1n) is 7.20. The lowest BCUT2D eigenvalue weighted by Gasteiger charge is -2.30. The van der Waals surface area contributed by atoms with Crippen LogP contribution in [0.1, 0.15) is 42.0 Å². The number of likely N-dealkylation sites (tertiary alicyclic amines) is 1. The molecule has 1 unspecified atom stereocenters. The summed E-state index contributed by atoms with van der Waals surface area (Å²) in [6.07, 6.45) is 2.78. The van der Waals surface area contributed by atoms with Gasteiger partial charge in [0.15, 0.2) is 0 Å². The van der Waals surface area contributed by atoms with Gasteiger partial charge < -0.3 is 5.32 Å². The van der Waals surface area contributed by atoms with Gasteiger partial charge in [-0.1, -0.05) is 13.8 Å². The van der Waals surface area contributed by atoms with Crippen LogP contribution in [0.5, 0.6) is 0 Å². The maximum atomic E-state index is 3.41. The van der Waals surface area contributed by atoms with Gasteiger partial charge in [0, 0.05) is 29.4 Å². The Bertz CT molecular complexity index is 373. The molecule has 1 aromatic heterocycles. The van der Waals surface area contributed by atoms with E-state index in [1.165, 1.54) is 35.7 Å². The zero-order chi connectivity index (χ0) is 13.0. The molecule has 0 saturated carbocycles. The third kappa shape index (κ3) is 3.81. The average molecular weight is 266 g/mol. The molecule has 2 heterocycles. The fourth-order valence-electron chi connectivity index (χ4n) is 2.75. The molecule has 1 atom stereocenters. The largest absolute Gasteiger partial charge is 0.312 e. The molecule has 1 saturated heterocycles. The first-order valence-corrected chi connectivity index (χ1v) is 8.02. The molecular weight excluding hydrogens is 240 g/mol. The zero-order valence-electron chi connectivity index (χ0n) is 12.0. The molecule has 0 spiro atoms. The number of nitrogens with zero attached hydrogens (tertiary/aromatic N) is 1. The minimum Gasteiger partial charge on any atom is -0.312 e. The second-order valence-electron chi connectivity index (χ2n) is 5.56. The standard InChI is InChI=1S/C15H26N2S/c1-4-16-9-15-8-14(13(3)18-15)11-17-7-5-6-12(2)10-17/h8,12,16H,4-7,9-11H2,1-3H3. The van der Waals surface area contributed by atoms with Crippen molar-refractivity contribution in [2.75, 3.05) is 19.6 Å². The van der Waals surface area contributed by atoms with Crippen LogP contribution in [0.2, 0.25) is 0 Å². The Morgan fingerprint density at radius 3 is 3.06 bits per heavy atom. The molecule has 0 aromatic carbocycles. The third-order valence-electron chi connectivity index (χ3n) is 3.76. The van der Waals surface area contributed by atoms with E-state index in [2.05, 4.69) is 37.1 Å². The van der Waals surface area contributed by atoms with Gasteiger partial charge >= 0.3 is 0 Å². The van der Waals surface area contributed by atoms with Crippen LogP contribution < -0.4 is 5.32 Å². The molecule has 1 aliphatic heterocycles. The van der Waals surface area contributed by atoms with Crippen molar-refractivity contribution in [3.05, 3.63) is 21.4 Å². The second-order valence-corrected chi connectivity index (χ2v) is 6.90. The molecule has 1 aromatic rings. The fourth-order valence-corrected chi connectivity index (χ4v) is 3.77. The molecular formula is C15H26N2S. The molecule has 1 fully saturated rings. The van der Waals surface area contributed by atoms with E-state index in [1.807, 2.05) is 11.3 Å². The number of aryl methyl sites for hydroxylation is 1. The van der Waals surface area contributed by atoms with E-state index in [-0.39, 0.29) is 0 Å². The van der Waals surface area contributed by atoms with Crippen LogP contribution in [0.4, 0.5) is 0 Å². The summed E-state index contributed by atoms with van der Waals surface area (Å²) in [6, 6.07) is 2.40. The smallest absolute Gasteiger partial charge is 0.0299 e. The fraction of sp³-hybridized carbons (Fsp3) is 0.733. The van der Waals surface area contributed by atoms with Gasteiger partial charge in [-0.3, -0.25) is 4.90 Å². The van der Waals surface area contributed by atoms with Gasteiger partial charge in [-0.15, -0.1) is 11.3 Å². The van der Waals surface area contributed by atoms with Crippen molar-refractivity contribution in [3.63, 3.8) is 0 Å². The van der Waals surface area contributed by atoms with Gasteiger partial charge in [0.25, 0.3) is 0 Å². The van der Waals surface area contributed by atoms with Gasteiger partial charge in [0.05, 0.1) is 0 Å². The Labute approximate surface area is 115 Å². The Hall–Kier alpha value is -0.380. The quantitative estimate of drug-likeness (QED) is 0.879. The van der Waals surface area contributed by atoms with Crippen molar-refractivity contribution in [2.45, 2.75) is 46.7 Å². The average Bonchev–Trinajstić information content (AvgIpc) is 2.68. The van der Waals surface area contributed by atoms with Crippen molar-refractivity contribution < 1.29 is 0 Å². The molecule has 0 radical (unpaired) electrons. The lowest BCUT2D eigenvalue weighted by molar-refractivity contribution is 0.176. The van der Waals surface area contributed by atoms with Crippen molar-refractivity contribution >= 4 is 11.3 Å². The Kier molecular flexibility index (Phi) is 5.22. The van der Waals surface area contributed by atoms with Crippen LogP contribution in [-0.4, -0.2) is 24.5 Å². The minimum atomic E-state index is 0.874. The van der Waals surface area contributed by atoms with Crippen LogP contribution >= 0.6 is 11.3 Å². The van der Waals surface area contributed by atoms with Crippen molar-refractivity contribution in [1.29, 1.82) is 0 Å². The lowest BCUT2D eigenvalue weighted by Crippen LogP contribution is -2.33. The molecule has 3 heteroatoms. The number of hydrogen-bond acceptors (Lipinski definition) is 3. The van der Waals surface area contributed by atoms with Crippen molar-refractivity contribution in [2.24, 2.45) is 5.92 Å². The second kappa shape index (κ2) is 6.69. The highest BCUT2D eigenvalue weighted by Crippen LogP contribution is 2.25. The van der Waals surface area contributed by atoms with Gasteiger partial charge in [-0.2, -0.15) is 0 Å². The number of thiophene rings is 1. The summed E-state index contributed by atoms with van der Waals surface area (Å²) in [5, 5.41) is 3.41. The zero-order valence-corrected chi connectivity index (χ0v) is 12.8. The summed E-state index contributed by atoms with van der Waals surface area (Å²) in [5.74, 6) is 0.874. The summed E-state index contributed by atoms with van der Waals surface area (Å²) in [6.45, 7) is 12.6. The molecule has 2 nitrogen and oxygen atoms in total. The van der Waals surface area contributed by atoms with E-state index in [9.17, 15) is 0 Å². The summed E-state index contributed by atoms with van der Waals surface area (Å²) in [5.41, 5.74) is 1.54. The highest BCUT2D eigenvalue weighted by Gasteiger charge is 2.17. The van der Waals surface area contributed by atoms with Gasteiger partial charge in [0.1, 0.15) is 0 Å². The highest BCUT2D eigenvalue weighted by atomic mass is 32.1. The summed E-state index contributed by atoms with van der Waals surface area (Å²) in [7, 11) is 0. The van der Waals surface area contributed by atoms with Crippen LogP contribution in [0, 0.1) is 12.8 Å². The maximum absolute atomic E-state index is 3.41. The van der Waals surface area contributed by atoms with E-state index in [1.54, 1.807) is 5.56 Å². The molecule has 18 heavy (non-hydrogen) atoms. The van der Waals surface area contributed by atoms with E-state index in [0.717, 1.165) is 25.6 Å². The van der Waals surface area contributed by atoms with Gasteiger partial charge in [-0.05, 0) is 50.4 Å². The van der Waals surface area contributed by atoms with Crippen molar-refractivity contribution in [3.8, 4) is 0 Å². The molecule has 0 bridgehead atoms. The summed E-state index contributed by atoms with van der Waals surface area (Å²) >= 11 is 1.95. The molecule has 2 rings (SSSR count). The topological polar surface area (TPSA) is 15.3 Å². The number of hydrogen-bond donors (Lipinski definition) is 1. The summed E-state index contributed by atoms with van der Waals surface area (Å²) in [4.78, 5) is 5.61. The minimum absolute atomic E-state index is 0.874. The molecule has 0 amide bonds. The van der Waals surface area contributed by atoms with Crippen LogP contribution in [0.15, 0.2) is 6.07 Å². The van der Waals surface area contributed by atoms with E-state index in [4.69, 9.17) is 0 Å². The van der Waals surface area contributed by atoms with Gasteiger partial charge in [0.2, 0.25) is 0 Å². The Morgan fingerprint density at radius 1 is 1.50 bits per heavy atom. The molecule has 0 aliphatic carbocycles. The van der Waals surface area contributed by atoms with E-state index >= 15 is 0 Å². The number of rotatable bonds is 5. The molecule has 1 aliphatic rings. The number of piperidine rings is 1. The predicted molar refractivity (Wildman–Crippen MR) is 80.1 cm³/mol. The first kappa shape index (κ1) is 14.0. The molecule has 1 N–H and O–H groups in total. The van der Waals surface area contributed by atoms with Gasteiger partial charge in [-0.25, -0.2) is 0 Å². The summed E-state index contributed by atoms with van der Waals surface area (Å²) < 4.78 is 0. The lowest BCUT2D eigenvalue weighted by atomic mass is 10.00. The Balaban J connectivity index is 1.93. The number of nitrogens with one attached hydrogen (secondary N) is 1. The first-order chi connectivity index (χ1) is 8.69. The monoisotopic (exact) mass is 266 g/mol.